The van der Waals surface area contributed by atoms with E-state index in [0.29, 0.717) is 0 Å². The number of aldehydes is 1. The van der Waals surface area contributed by atoms with E-state index in [-0.39, 0.29) is 6.04 Å². The fourth-order valence-corrected chi connectivity index (χ4v) is 2.15. The van der Waals surface area contributed by atoms with Crippen LogP contribution in [0.4, 0.5) is 0 Å². The molecule has 56 valence electrons. The van der Waals surface area contributed by atoms with Crippen molar-refractivity contribution in [3.05, 3.63) is 0 Å². The van der Waals surface area contributed by atoms with Crippen molar-refractivity contribution < 1.29 is 4.79 Å². The number of nitrogens with zero attached hydrogens (tertiary/aromatic N) is 1. The second-order valence-corrected chi connectivity index (χ2v) is 3.42. The van der Waals surface area contributed by atoms with E-state index in [2.05, 4.69) is 4.90 Å². The molecule has 0 aromatic carbocycles. The first-order valence-electron chi connectivity index (χ1n) is 4.09. The highest BCUT2D eigenvalue weighted by atomic mass is 16.1. The van der Waals surface area contributed by atoms with Crippen molar-refractivity contribution >= 4 is 6.29 Å². The van der Waals surface area contributed by atoms with Crippen LogP contribution >= 0.6 is 0 Å². The highest BCUT2D eigenvalue weighted by Gasteiger charge is 2.32. The zero-order valence-electron chi connectivity index (χ0n) is 6.12. The number of hydrogen-bond donors (Lipinski definition) is 0. The number of carbonyl (C=O) groups is 1. The molecule has 0 saturated carbocycles. The molecule has 0 radical (unpaired) electrons. The molecule has 3 heterocycles. The molecule has 3 aliphatic rings. The Hall–Kier alpha value is -0.370. The van der Waals surface area contributed by atoms with Gasteiger partial charge in [-0.25, -0.2) is 0 Å². The Kier molecular flexibility index (Phi) is 1.49. The van der Waals surface area contributed by atoms with E-state index in [4.69, 9.17) is 0 Å². The van der Waals surface area contributed by atoms with E-state index in [0.717, 1.165) is 31.7 Å². The average molecular weight is 139 g/mol. The van der Waals surface area contributed by atoms with Gasteiger partial charge in [-0.3, -0.25) is 4.90 Å². The van der Waals surface area contributed by atoms with E-state index in [1.807, 2.05) is 0 Å². The first kappa shape index (κ1) is 6.35. The summed E-state index contributed by atoms with van der Waals surface area (Å²) in [6.45, 7) is 2.32. The summed E-state index contributed by atoms with van der Waals surface area (Å²) >= 11 is 0. The molecule has 1 atom stereocenters. The lowest BCUT2D eigenvalue weighted by Gasteiger charge is -2.42. The van der Waals surface area contributed by atoms with Gasteiger partial charge in [-0.05, 0) is 38.3 Å². The number of fused-ring (bicyclic) bond motifs is 3. The monoisotopic (exact) mass is 139 g/mol. The number of carbonyl (C=O) groups excluding carboxylic acids is 1. The van der Waals surface area contributed by atoms with E-state index < -0.39 is 0 Å². The van der Waals surface area contributed by atoms with Crippen LogP contribution in [0.5, 0.6) is 0 Å². The van der Waals surface area contributed by atoms with Gasteiger partial charge >= 0.3 is 0 Å². The summed E-state index contributed by atoms with van der Waals surface area (Å²) in [6, 6.07) is 0.271. The Morgan fingerprint density at radius 3 is 2.30 bits per heavy atom. The predicted molar refractivity (Wildman–Crippen MR) is 38.8 cm³/mol. The number of rotatable bonds is 1. The normalized spacial score (nSPS) is 45.4. The molecule has 0 aromatic heterocycles. The van der Waals surface area contributed by atoms with Gasteiger partial charge in [0.2, 0.25) is 0 Å². The van der Waals surface area contributed by atoms with Crippen LogP contribution in [0, 0.1) is 5.92 Å². The van der Waals surface area contributed by atoms with Crippen LogP contribution in [0.2, 0.25) is 0 Å². The van der Waals surface area contributed by atoms with E-state index in [1.54, 1.807) is 0 Å². The van der Waals surface area contributed by atoms with Crippen molar-refractivity contribution in [3.63, 3.8) is 0 Å². The Balaban J connectivity index is 2.07. The molecule has 3 fully saturated rings. The maximum Gasteiger partial charge on any atom is 0.137 e. The maximum atomic E-state index is 10.5. The zero-order chi connectivity index (χ0) is 6.97. The van der Waals surface area contributed by atoms with Crippen LogP contribution in [0.15, 0.2) is 0 Å². The van der Waals surface area contributed by atoms with Crippen LogP contribution in [0.3, 0.4) is 0 Å². The van der Waals surface area contributed by atoms with Crippen molar-refractivity contribution in [1.29, 1.82) is 0 Å². The lowest BCUT2D eigenvalue weighted by Crippen LogP contribution is -2.49. The summed E-state index contributed by atoms with van der Waals surface area (Å²) in [5, 5.41) is 0. The minimum atomic E-state index is 0.271. The lowest BCUT2D eigenvalue weighted by molar-refractivity contribution is -0.116. The first-order chi connectivity index (χ1) is 4.90. The minimum Gasteiger partial charge on any atom is -0.302 e. The highest BCUT2D eigenvalue weighted by Crippen LogP contribution is 2.30. The van der Waals surface area contributed by atoms with Gasteiger partial charge in [0.1, 0.15) is 6.29 Å². The zero-order valence-corrected chi connectivity index (χ0v) is 6.12. The molecule has 3 saturated heterocycles. The Labute approximate surface area is 61.2 Å². The van der Waals surface area contributed by atoms with Gasteiger partial charge in [-0.1, -0.05) is 0 Å². The molecule has 3 rings (SSSR count). The largest absolute Gasteiger partial charge is 0.302 e. The molecule has 1 unspecified atom stereocenters. The molecule has 10 heavy (non-hydrogen) atoms. The van der Waals surface area contributed by atoms with Gasteiger partial charge in [0.05, 0.1) is 6.04 Å². The molecule has 2 bridgehead atoms. The van der Waals surface area contributed by atoms with Crippen LogP contribution in [0.25, 0.3) is 0 Å². The molecular formula is C8H13NO. The van der Waals surface area contributed by atoms with Gasteiger partial charge < -0.3 is 4.79 Å². The van der Waals surface area contributed by atoms with Gasteiger partial charge in [-0.2, -0.15) is 0 Å². The summed E-state index contributed by atoms with van der Waals surface area (Å²) in [5.74, 6) is 0.861. The van der Waals surface area contributed by atoms with Crippen LogP contribution in [-0.2, 0) is 4.79 Å². The van der Waals surface area contributed by atoms with Gasteiger partial charge in [0, 0.05) is 0 Å². The second kappa shape index (κ2) is 2.35. The quantitative estimate of drug-likeness (QED) is 0.498. The van der Waals surface area contributed by atoms with Gasteiger partial charge in [0.15, 0.2) is 0 Å². The fourth-order valence-electron chi connectivity index (χ4n) is 2.15. The first-order valence-corrected chi connectivity index (χ1v) is 4.09. The van der Waals surface area contributed by atoms with Gasteiger partial charge in [-0.15, -0.1) is 0 Å². The predicted octanol–water partition coefficient (Wildman–Crippen LogP) is 0.670. The van der Waals surface area contributed by atoms with Gasteiger partial charge in [0.25, 0.3) is 0 Å². The second-order valence-electron chi connectivity index (χ2n) is 3.42. The standard InChI is InChI=1S/C8H13NO/c10-6-8-5-7-1-3-9(8)4-2-7/h6-8H,1-5H2. The molecule has 0 spiro atoms. The minimum absolute atomic E-state index is 0.271. The molecule has 0 amide bonds. The van der Waals surface area contributed by atoms with Crippen molar-refractivity contribution in [2.75, 3.05) is 13.1 Å². The summed E-state index contributed by atoms with van der Waals surface area (Å²) in [5.41, 5.74) is 0. The third kappa shape index (κ3) is 0.870. The third-order valence-corrected chi connectivity index (χ3v) is 2.85. The topological polar surface area (TPSA) is 20.3 Å². The number of piperidine rings is 3. The Bertz CT molecular complexity index is 138. The van der Waals surface area contributed by atoms with Crippen molar-refractivity contribution in [2.45, 2.75) is 25.3 Å². The summed E-state index contributed by atoms with van der Waals surface area (Å²) in [7, 11) is 0. The maximum absolute atomic E-state index is 10.5. The summed E-state index contributed by atoms with van der Waals surface area (Å²) in [6.07, 6.45) is 4.89. The molecule has 2 heteroatoms. The molecule has 3 aliphatic heterocycles. The molecule has 2 nitrogen and oxygen atoms in total. The van der Waals surface area contributed by atoms with Crippen molar-refractivity contribution in [2.24, 2.45) is 5.92 Å². The summed E-state index contributed by atoms with van der Waals surface area (Å²) in [4.78, 5) is 12.8. The fraction of sp³-hybridized carbons (Fsp3) is 0.875. The van der Waals surface area contributed by atoms with Crippen molar-refractivity contribution in [3.8, 4) is 0 Å². The Morgan fingerprint density at radius 1 is 1.30 bits per heavy atom. The lowest BCUT2D eigenvalue weighted by atomic mass is 9.84. The molecular weight excluding hydrogens is 126 g/mol. The molecule has 0 N–H and O–H groups in total. The van der Waals surface area contributed by atoms with Crippen molar-refractivity contribution in [1.82, 2.24) is 4.90 Å². The third-order valence-electron chi connectivity index (χ3n) is 2.85. The highest BCUT2D eigenvalue weighted by molar-refractivity contribution is 5.58. The SMILES string of the molecule is O=CC1CC2CCN1CC2. The number of hydrogen-bond acceptors (Lipinski definition) is 2. The Morgan fingerprint density at radius 2 is 2.00 bits per heavy atom. The van der Waals surface area contributed by atoms with E-state index in [9.17, 15) is 4.79 Å². The van der Waals surface area contributed by atoms with E-state index in [1.165, 1.54) is 12.8 Å². The molecule has 0 aromatic rings. The van der Waals surface area contributed by atoms with Crippen LogP contribution in [-0.4, -0.2) is 30.3 Å². The summed E-state index contributed by atoms with van der Waals surface area (Å²) < 4.78 is 0. The average Bonchev–Trinajstić information content (AvgIpc) is 2.06. The van der Waals surface area contributed by atoms with Crippen LogP contribution in [0.1, 0.15) is 19.3 Å². The van der Waals surface area contributed by atoms with Crippen LogP contribution < -0.4 is 0 Å². The van der Waals surface area contributed by atoms with E-state index >= 15 is 0 Å². The smallest absolute Gasteiger partial charge is 0.137 e. The molecule has 0 aliphatic carbocycles.